The molecule has 2 aliphatic heterocycles. The first kappa shape index (κ1) is 15.8. The van der Waals surface area contributed by atoms with E-state index in [4.69, 9.17) is 5.26 Å². The van der Waals surface area contributed by atoms with Gasteiger partial charge in [-0.25, -0.2) is 4.68 Å². The van der Waals surface area contributed by atoms with Crippen LogP contribution in [0.4, 0.5) is 5.69 Å². The Kier molecular flexibility index (Phi) is 4.20. The van der Waals surface area contributed by atoms with E-state index in [1.54, 1.807) is 21.7 Å². The van der Waals surface area contributed by atoms with Gasteiger partial charge in [0.15, 0.2) is 0 Å². The zero-order valence-electron chi connectivity index (χ0n) is 13.9. The molecule has 3 heterocycles. The molecule has 0 spiro atoms. The van der Waals surface area contributed by atoms with Crippen LogP contribution >= 0.6 is 0 Å². The van der Waals surface area contributed by atoms with Gasteiger partial charge in [0.25, 0.3) is 5.91 Å². The molecule has 2 fully saturated rings. The minimum absolute atomic E-state index is 0.0338. The molecule has 1 unspecified atom stereocenters. The number of piperidine rings is 1. The van der Waals surface area contributed by atoms with Crippen LogP contribution in [-0.2, 0) is 4.79 Å². The number of anilines is 1. The molecule has 128 valence electrons. The Hall–Kier alpha value is -2.72. The number of nitrogens with one attached hydrogen (secondary N) is 1. The van der Waals surface area contributed by atoms with E-state index in [-0.39, 0.29) is 11.9 Å². The Balaban J connectivity index is 1.49. The molecular formula is C18H20N6O. The van der Waals surface area contributed by atoms with E-state index in [1.165, 1.54) is 0 Å². The second-order valence-electron chi connectivity index (χ2n) is 6.60. The van der Waals surface area contributed by atoms with Crippen molar-refractivity contribution in [2.45, 2.75) is 31.2 Å². The van der Waals surface area contributed by atoms with Crippen LogP contribution in [0.2, 0.25) is 0 Å². The van der Waals surface area contributed by atoms with Crippen LogP contribution in [0, 0.1) is 11.3 Å². The molecule has 2 aromatic rings. The summed E-state index contributed by atoms with van der Waals surface area (Å²) >= 11 is 0. The van der Waals surface area contributed by atoms with E-state index in [0.717, 1.165) is 37.3 Å². The third-order valence-corrected chi connectivity index (χ3v) is 5.09. The molecule has 0 aliphatic carbocycles. The lowest BCUT2D eigenvalue weighted by Crippen LogP contribution is -2.28. The van der Waals surface area contributed by atoms with Crippen LogP contribution in [0.25, 0.3) is 0 Å². The van der Waals surface area contributed by atoms with E-state index in [2.05, 4.69) is 21.7 Å². The summed E-state index contributed by atoms with van der Waals surface area (Å²) in [7, 11) is 0. The molecule has 7 nitrogen and oxygen atoms in total. The van der Waals surface area contributed by atoms with Crippen molar-refractivity contribution in [3.63, 3.8) is 0 Å². The maximum atomic E-state index is 12.8. The fraction of sp³-hybridized carbons (Fsp3) is 0.444. The van der Waals surface area contributed by atoms with E-state index in [0.29, 0.717) is 24.4 Å². The number of nitrogens with zero attached hydrogens (tertiary/aromatic N) is 5. The summed E-state index contributed by atoms with van der Waals surface area (Å²) in [6.07, 6.45) is 4.79. The summed E-state index contributed by atoms with van der Waals surface area (Å²) in [5.74, 6) is 0.465. The number of aromatic nitrogens is 3. The molecule has 1 atom stereocenters. The molecule has 4 rings (SSSR count). The first-order valence-corrected chi connectivity index (χ1v) is 8.70. The summed E-state index contributed by atoms with van der Waals surface area (Å²) in [5, 5.41) is 20.8. The number of rotatable bonds is 3. The predicted molar refractivity (Wildman–Crippen MR) is 92.0 cm³/mol. The maximum absolute atomic E-state index is 12.8. The van der Waals surface area contributed by atoms with E-state index in [9.17, 15) is 4.79 Å². The molecule has 2 aliphatic rings. The summed E-state index contributed by atoms with van der Waals surface area (Å²) in [4.78, 5) is 14.6. The maximum Gasteiger partial charge on any atom is 0.251 e. The van der Waals surface area contributed by atoms with Crippen molar-refractivity contribution in [2.24, 2.45) is 0 Å². The molecule has 25 heavy (non-hydrogen) atoms. The molecule has 1 aromatic heterocycles. The molecule has 1 N–H and O–H groups in total. The molecule has 0 bridgehead atoms. The van der Waals surface area contributed by atoms with Gasteiger partial charge in [-0.3, -0.25) is 4.79 Å². The second-order valence-corrected chi connectivity index (χ2v) is 6.60. The van der Waals surface area contributed by atoms with Crippen molar-refractivity contribution >= 4 is 11.6 Å². The SMILES string of the molecule is N#Cc1ccc(N2CCC(n3cc(C4CCNCC4)nn3)C2=O)cc1. The average molecular weight is 336 g/mol. The lowest BCUT2D eigenvalue weighted by atomic mass is 9.95. The van der Waals surface area contributed by atoms with Crippen molar-refractivity contribution < 1.29 is 4.79 Å². The summed E-state index contributed by atoms with van der Waals surface area (Å²) in [6, 6.07) is 8.91. The zero-order chi connectivity index (χ0) is 17.2. The highest BCUT2D eigenvalue weighted by Crippen LogP contribution is 2.29. The first-order chi connectivity index (χ1) is 12.3. The monoisotopic (exact) mass is 336 g/mol. The number of benzene rings is 1. The topological polar surface area (TPSA) is 86.8 Å². The molecule has 1 aromatic carbocycles. The second kappa shape index (κ2) is 6.65. The van der Waals surface area contributed by atoms with Gasteiger partial charge in [-0.05, 0) is 56.6 Å². The van der Waals surface area contributed by atoms with Gasteiger partial charge in [0, 0.05) is 24.3 Å². The van der Waals surface area contributed by atoms with Crippen LogP contribution in [0.15, 0.2) is 30.5 Å². The van der Waals surface area contributed by atoms with E-state index < -0.39 is 0 Å². The number of nitriles is 1. The molecular weight excluding hydrogens is 316 g/mol. The summed E-state index contributed by atoms with van der Waals surface area (Å²) in [5.41, 5.74) is 2.41. The number of carbonyl (C=O) groups is 1. The molecule has 1 amide bonds. The highest BCUT2D eigenvalue weighted by Gasteiger charge is 2.35. The van der Waals surface area contributed by atoms with Gasteiger partial charge >= 0.3 is 0 Å². The van der Waals surface area contributed by atoms with Crippen LogP contribution in [0.1, 0.15) is 42.5 Å². The lowest BCUT2D eigenvalue weighted by molar-refractivity contribution is -0.120. The smallest absolute Gasteiger partial charge is 0.251 e. The van der Waals surface area contributed by atoms with E-state index >= 15 is 0 Å². The Morgan fingerprint density at radius 3 is 2.64 bits per heavy atom. The first-order valence-electron chi connectivity index (χ1n) is 8.70. The van der Waals surface area contributed by atoms with Gasteiger partial charge < -0.3 is 10.2 Å². The van der Waals surface area contributed by atoms with Crippen LogP contribution in [0.3, 0.4) is 0 Å². The third-order valence-electron chi connectivity index (χ3n) is 5.09. The number of amides is 1. The fourth-order valence-electron chi connectivity index (χ4n) is 3.63. The van der Waals surface area contributed by atoms with Gasteiger partial charge in [-0.2, -0.15) is 5.26 Å². The van der Waals surface area contributed by atoms with Gasteiger partial charge in [0.1, 0.15) is 6.04 Å². The number of hydrogen-bond donors (Lipinski definition) is 1. The molecule has 2 saturated heterocycles. The van der Waals surface area contributed by atoms with Gasteiger partial charge in [0.05, 0.1) is 17.3 Å². The Morgan fingerprint density at radius 1 is 1.16 bits per heavy atom. The quantitative estimate of drug-likeness (QED) is 0.920. The van der Waals surface area contributed by atoms with Crippen molar-refractivity contribution in [1.29, 1.82) is 5.26 Å². The Bertz CT molecular complexity index is 800. The van der Waals surface area contributed by atoms with Crippen molar-refractivity contribution in [2.75, 3.05) is 24.5 Å². The van der Waals surface area contributed by atoms with E-state index in [1.807, 2.05) is 18.3 Å². The minimum Gasteiger partial charge on any atom is -0.317 e. The molecule has 0 radical (unpaired) electrons. The lowest BCUT2D eigenvalue weighted by Gasteiger charge is -2.20. The van der Waals surface area contributed by atoms with Crippen molar-refractivity contribution in [3.8, 4) is 6.07 Å². The normalized spacial score (nSPS) is 21.5. The number of carbonyl (C=O) groups excluding carboxylic acids is 1. The van der Waals surface area contributed by atoms with Crippen LogP contribution in [-0.4, -0.2) is 40.5 Å². The van der Waals surface area contributed by atoms with Crippen LogP contribution in [0.5, 0.6) is 0 Å². The Morgan fingerprint density at radius 2 is 1.92 bits per heavy atom. The predicted octanol–water partition coefficient (Wildman–Crippen LogP) is 1.59. The molecule has 7 heteroatoms. The average Bonchev–Trinajstić information content (AvgIpc) is 3.29. The van der Waals surface area contributed by atoms with Gasteiger partial charge in [0.2, 0.25) is 0 Å². The van der Waals surface area contributed by atoms with Crippen molar-refractivity contribution in [1.82, 2.24) is 20.3 Å². The van der Waals surface area contributed by atoms with Gasteiger partial charge in [-0.1, -0.05) is 5.21 Å². The zero-order valence-corrected chi connectivity index (χ0v) is 13.9. The largest absolute Gasteiger partial charge is 0.317 e. The van der Waals surface area contributed by atoms with Crippen LogP contribution < -0.4 is 10.2 Å². The van der Waals surface area contributed by atoms with Gasteiger partial charge in [-0.15, -0.1) is 5.10 Å². The standard InChI is InChI=1S/C18H20N6O/c19-11-13-1-3-15(4-2-13)23-10-7-17(18(23)25)24-12-16(21-22-24)14-5-8-20-9-6-14/h1-4,12,14,17,20H,5-10H2. The van der Waals surface area contributed by atoms with Crippen molar-refractivity contribution in [3.05, 3.63) is 41.7 Å². The molecule has 0 saturated carbocycles. The summed E-state index contributed by atoms with van der Waals surface area (Å²) < 4.78 is 1.73. The minimum atomic E-state index is -0.293. The highest BCUT2D eigenvalue weighted by atomic mass is 16.2. The third kappa shape index (κ3) is 3.01. The highest BCUT2D eigenvalue weighted by molar-refractivity contribution is 5.98. The summed E-state index contributed by atoms with van der Waals surface area (Å²) in [6.45, 7) is 2.66. The Labute approximate surface area is 146 Å². The fourth-order valence-corrected chi connectivity index (χ4v) is 3.63. The number of hydrogen-bond acceptors (Lipinski definition) is 5.